The fraction of sp³-hybridized carbons (Fsp3) is 0.417. The van der Waals surface area contributed by atoms with Crippen molar-refractivity contribution in [1.29, 1.82) is 0 Å². The Balaban J connectivity index is 2.42. The predicted octanol–water partition coefficient (Wildman–Crippen LogP) is 2.62. The van der Waals surface area contributed by atoms with E-state index in [1.165, 1.54) is 0 Å². The molecule has 0 aromatic heterocycles. The van der Waals surface area contributed by atoms with Crippen LogP contribution in [0.2, 0.25) is 5.02 Å². The summed E-state index contributed by atoms with van der Waals surface area (Å²) in [7, 11) is 0. The van der Waals surface area contributed by atoms with Gasteiger partial charge in [0.1, 0.15) is 0 Å². The molecule has 0 unspecified atom stereocenters. The molecular weight excluding hydrogens is 240 g/mol. The molecule has 1 atom stereocenters. The van der Waals surface area contributed by atoms with Gasteiger partial charge in [-0.1, -0.05) is 18.5 Å². The molecule has 0 saturated carbocycles. The summed E-state index contributed by atoms with van der Waals surface area (Å²) in [5.74, 6) is 0. The number of benzene rings is 1. The monoisotopic (exact) mass is 256 g/mol. The van der Waals surface area contributed by atoms with Crippen LogP contribution in [0.5, 0.6) is 0 Å². The molecule has 1 aromatic carbocycles. The first-order chi connectivity index (χ1) is 7.93. The molecule has 0 aliphatic heterocycles. The molecule has 5 heteroatoms. The van der Waals surface area contributed by atoms with Crippen LogP contribution in [-0.4, -0.2) is 23.3 Å². The van der Waals surface area contributed by atoms with Crippen molar-refractivity contribution in [3.05, 3.63) is 29.3 Å². The van der Waals surface area contributed by atoms with E-state index in [-0.39, 0.29) is 12.6 Å². The van der Waals surface area contributed by atoms with Gasteiger partial charge < -0.3 is 15.7 Å². The minimum absolute atomic E-state index is 0.211. The highest BCUT2D eigenvalue weighted by molar-refractivity contribution is 6.30. The number of carbonyl (C=O) groups excluding carboxylic acids is 1. The summed E-state index contributed by atoms with van der Waals surface area (Å²) in [6, 6.07) is 6.46. The molecule has 0 saturated heterocycles. The molecule has 0 aliphatic rings. The van der Waals surface area contributed by atoms with E-state index in [0.29, 0.717) is 17.1 Å². The van der Waals surface area contributed by atoms with Crippen LogP contribution >= 0.6 is 11.6 Å². The Hall–Kier alpha value is -1.26. The van der Waals surface area contributed by atoms with Crippen molar-refractivity contribution < 1.29 is 9.90 Å². The standard InChI is InChI=1S/C12H17ClN2O2/c1-3-12(2,17)8-14-11(16)15-10-6-4-9(13)5-7-10/h4-7,17H,3,8H2,1-2H3,(H2,14,15,16)/t12-/m1/s1. The first kappa shape index (κ1) is 13.8. The number of nitrogens with one attached hydrogen (secondary N) is 2. The lowest BCUT2D eigenvalue weighted by molar-refractivity contribution is 0.0587. The Morgan fingerprint density at radius 1 is 1.41 bits per heavy atom. The van der Waals surface area contributed by atoms with E-state index in [1.807, 2.05) is 6.92 Å². The quantitative estimate of drug-likeness (QED) is 0.776. The van der Waals surface area contributed by atoms with Crippen LogP contribution in [0.4, 0.5) is 10.5 Å². The summed E-state index contributed by atoms with van der Waals surface area (Å²) >= 11 is 5.73. The normalized spacial score (nSPS) is 13.9. The first-order valence-electron chi connectivity index (χ1n) is 5.46. The summed E-state index contributed by atoms with van der Waals surface area (Å²) in [6.45, 7) is 3.75. The fourth-order valence-corrected chi connectivity index (χ4v) is 1.23. The van der Waals surface area contributed by atoms with E-state index in [4.69, 9.17) is 11.6 Å². The van der Waals surface area contributed by atoms with E-state index in [0.717, 1.165) is 0 Å². The molecular formula is C12H17ClN2O2. The number of anilines is 1. The number of amides is 2. The number of hydrogen-bond acceptors (Lipinski definition) is 2. The van der Waals surface area contributed by atoms with Crippen molar-refractivity contribution >= 4 is 23.3 Å². The van der Waals surface area contributed by atoms with Crippen molar-refractivity contribution in [3.8, 4) is 0 Å². The van der Waals surface area contributed by atoms with Crippen molar-refractivity contribution in [2.75, 3.05) is 11.9 Å². The van der Waals surface area contributed by atoms with Crippen LogP contribution in [0.25, 0.3) is 0 Å². The third-order valence-corrected chi connectivity index (χ3v) is 2.75. The van der Waals surface area contributed by atoms with Crippen LogP contribution in [0, 0.1) is 0 Å². The zero-order chi connectivity index (χ0) is 12.9. The molecule has 3 N–H and O–H groups in total. The molecule has 1 aromatic rings. The van der Waals surface area contributed by atoms with Crippen molar-refractivity contribution in [2.24, 2.45) is 0 Å². The van der Waals surface area contributed by atoms with Gasteiger partial charge in [-0.15, -0.1) is 0 Å². The topological polar surface area (TPSA) is 61.4 Å². The molecule has 0 heterocycles. The maximum Gasteiger partial charge on any atom is 0.319 e. The maximum absolute atomic E-state index is 11.5. The highest BCUT2D eigenvalue weighted by Gasteiger charge is 2.18. The minimum Gasteiger partial charge on any atom is -0.388 e. The van der Waals surface area contributed by atoms with Crippen LogP contribution < -0.4 is 10.6 Å². The highest BCUT2D eigenvalue weighted by Crippen LogP contribution is 2.13. The summed E-state index contributed by atoms with van der Waals surface area (Å²) in [5, 5.41) is 15.6. The Morgan fingerprint density at radius 3 is 2.53 bits per heavy atom. The van der Waals surface area contributed by atoms with Gasteiger partial charge in [-0.05, 0) is 37.6 Å². The van der Waals surface area contributed by atoms with Crippen molar-refractivity contribution in [1.82, 2.24) is 5.32 Å². The van der Waals surface area contributed by atoms with Crippen LogP contribution in [0.15, 0.2) is 24.3 Å². The smallest absolute Gasteiger partial charge is 0.319 e. The second-order valence-corrected chi connectivity index (χ2v) is 4.60. The molecule has 4 nitrogen and oxygen atoms in total. The Bertz CT molecular complexity index is 377. The van der Waals surface area contributed by atoms with Crippen LogP contribution in [0.1, 0.15) is 20.3 Å². The summed E-state index contributed by atoms with van der Waals surface area (Å²) in [4.78, 5) is 11.5. The molecule has 0 aliphatic carbocycles. The number of urea groups is 1. The Labute approximate surface area is 106 Å². The van der Waals surface area contributed by atoms with Gasteiger partial charge in [0.2, 0.25) is 0 Å². The Kier molecular flexibility index (Phi) is 4.78. The van der Waals surface area contributed by atoms with Gasteiger partial charge in [0.25, 0.3) is 0 Å². The second-order valence-electron chi connectivity index (χ2n) is 4.17. The lowest BCUT2D eigenvalue weighted by Gasteiger charge is -2.21. The molecule has 94 valence electrons. The zero-order valence-corrected chi connectivity index (χ0v) is 10.7. The van der Waals surface area contributed by atoms with Crippen molar-refractivity contribution in [3.63, 3.8) is 0 Å². The largest absolute Gasteiger partial charge is 0.388 e. The molecule has 0 bridgehead atoms. The molecule has 0 spiro atoms. The molecule has 1 rings (SSSR count). The lowest BCUT2D eigenvalue weighted by atomic mass is 10.0. The van der Waals surface area contributed by atoms with Gasteiger partial charge in [-0.25, -0.2) is 4.79 Å². The number of aliphatic hydroxyl groups is 1. The minimum atomic E-state index is -0.878. The first-order valence-corrected chi connectivity index (χ1v) is 5.83. The van der Waals surface area contributed by atoms with E-state index in [9.17, 15) is 9.90 Å². The number of rotatable bonds is 4. The number of hydrogen-bond donors (Lipinski definition) is 3. The summed E-state index contributed by atoms with van der Waals surface area (Å²) in [5.41, 5.74) is -0.222. The molecule has 0 radical (unpaired) electrons. The molecule has 17 heavy (non-hydrogen) atoms. The second kappa shape index (κ2) is 5.89. The van der Waals surface area contributed by atoms with Gasteiger partial charge in [0.15, 0.2) is 0 Å². The van der Waals surface area contributed by atoms with Gasteiger partial charge in [0, 0.05) is 17.3 Å². The average molecular weight is 257 g/mol. The van der Waals surface area contributed by atoms with Gasteiger partial charge in [0.05, 0.1) is 5.60 Å². The predicted molar refractivity (Wildman–Crippen MR) is 69.4 cm³/mol. The molecule has 0 fully saturated rings. The van der Waals surface area contributed by atoms with Gasteiger partial charge in [-0.2, -0.15) is 0 Å². The number of halogens is 1. The highest BCUT2D eigenvalue weighted by atomic mass is 35.5. The van der Waals surface area contributed by atoms with Crippen LogP contribution in [-0.2, 0) is 0 Å². The van der Waals surface area contributed by atoms with Crippen molar-refractivity contribution in [2.45, 2.75) is 25.9 Å². The average Bonchev–Trinajstić information content (AvgIpc) is 2.30. The van der Waals surface area contributed by atoms with E-state index < -0.39 is 5.60 Å². The van der Waals surface area contributed by atoms with E-state index in [1.54, 1.807) is 31.2 Å². The SMILES string of the molecule is CC[C@@](C)(O)CNC(=O)Nc1ccc(Cl)cc1. The third kappa shape index (κ3) is 5.06. The maximum atomic E-state index is 11.5. The Morgan fingerprint density at radius 2 is 2.00 bits per heavy atom. The zero-order valence-electron chi connectivity index (χ0n) is 9.96. The summed E-state index contributed by atoms with van der Waals surface area (Å²) in [6.07, 6.45) is 0.578. The lowest BCUT2D eigenvalue weighted by Crippen LogP contribution is -2.41. The molecule has 2 amide bonds. The van der Waals surface area contributed by atoms with Crippen LogP contribution in [0.3, 0.4) is 0 Å². The van der Waals surface area contributed by atoms with E-state index >= 15 is 0 Å². The number of carbonyl (C=O) groups is 1. The fourth-order valence-electron chi connectivity index (χ4n) is 1.10. The van der Waals surface area contributed by atoms with Gasteiger partial charge >= 0.3 is 6.03 Å². The van der Waals surface area contributed by atoms with E-state index in [2.05, 4.69) is 10.6 Å². The summed E-state index contributed by atoms with van der Waals surface area (Å²) < 4.78 is 0. The third-order valence-electron chi connectivity index (χ3n) is 2.49. The van der Waals surface area contributed by atoms with Gasteiger partial charge in [-0.3, -0.25) is 0 Å².